The Morgan fingerprint density at radius 1 is 1.14 bits per heavy atom. The molecule has 12 nitrogen and oxygen atoms in total. The summed E-state index contributed by atoms with van der Waals surface area (Å²) in [6.07, 6.45) is 2.43. The molecule has 0 saturated carbocycles. The number of pyridine rings is 1. The van der Waals surface area contributed by atoms with Gasteiger partial charge in [-0.05, 0) is 48.4 Å². The molecule has 1 N–H and O–H groups in total. The number of ketones is 1. The molecular formula is C28H30Cl2N8O4. The normalized spacial score (nSPS) is 11.3. The molecular weight excluding hydrogens is 583 g/mol. The molecule has 0 fully saturated rings. The van der Waals surface area contributed by atoms with Crippen LogP contribution in [0.1, 0.15) is 64.1 Å². The van der Waals surface area contributed by atoms with Crippen LogP contribution < -0.4 is 5.43 Å². The fourth-order valence-corrected chi connectivity index (χ4v) is 4.62. The van der Waals surface area contributed by atoms with Crippen molar-refractivity contribution < 1.29 is 19.1 Å². The summed E-state index contributed by atoms with van der Waals surface area (Å²) in [7, 11) is 2.53. The summed E-state index contributed by atoms with van der Waals surface area (Å²) in [5.41, 5.74) is 4.95. The number of benzene rings is 1. The molecule has 0 atom stereocenters. The number of aromatic nitrogens is 6. The third kappa shape index (κ3) is 6.77. The number of rotatable bonds is 7. The Kier molecular flexibility index (Phi) is 8.97. The van der Waals surface area contributed by atoms with E-state index in [4.69, 9.17) is 23.2 Å². The van der Waals surface area contributed by atoms with Crippen LogP contribution in [0.5, 0.6) is 0 Å². The van der Waals surface area contributed by atoms with Gasteiger partial charge in [-0.25, -0.2) is 24.2 Å². The highest BCUT2D eigenvalue weighted by atomic mass is 35.5. The van der Waals surface area contributed by atoms with Crippen molar-refractivity contribution in [3.05, 3.63) is 86.5 Å². The molecule has 2 amide bonds. The largest absolute Gasteiger partial charge is 0.452 e. The summed E-state index contributed by atoms with van der Waals surface area (Å²) >= 11 is 12.7. The van der Waals surface area contributed by atoms with Crippen molar-refractivity contribution in [3.63, 3.8) is 0 Å². The number of nitrogens with zero attached hydrogens (tertiary/aromatic N) is 7. The molecule has 0 aliphatic carbocycles. The van der Waals surface area contributed by atoms with Crippen LogP contribution in [0, 0.1) is 6.92 Å². The monoisotopic (exact) mass is 612 g/mol. The molecule has 0 unspecified atom stereocenters. The molecule has 220 valence electrons. The van der Waals surface area contributed by atoms with Crippen molar-refractivity contribution in [2.45, 2.75) is 46.1 Å². The van der Waals surface area contributed by atoms with Gasteiger partial charge in [0.05, 0.1) is 30.1 Å². The average Bonchev–Trinajstić information content (AvgIpc) is 3.57. The van der Waals surface area contributed by atoms with Gasteiger partial charge >= 0.3 is 6.09 Å². The van der Waals surface area contributed by atoms with E-state index < -0.39 is 12.0 Å². The van der Waals surface area contributed by atoms with Gasteiger partial charge in [0.15, 0.2) is 11.6 Å². The van der Waals surface area contributed by atoms with Gasteiger partial charge in [0, 0.05) is 41.9 Å². The number of amides is 2. The predicted octanol–water partition coefficient (Wildman–Crippen LogP) is 4.59. The maximum atomic E-state index is 13.9. The van der Waals surface area contributed by atoms with Crippen LogP contribution in [-0.4, -0.2) is 66.7 Å². The molecule has 3 aromatic heterocycles. The van der Waals surface area contributed by atoms with Crippen molar-refractivity contribution in [1.29, 1.82) is 0 Å². The average molecular weight is 614 g/mol. The van der Waals surface area contributed by atoms with Crippen LogP contribution >= 0.6 is 23.2 Å². The summed E-state index contributed by atoms with van der Waals surface area (Å²) in [5, 5.41) is 14.6. The topological polar surface area (TPSA) is 137 Å². The van der Waals surface area contributed by atoms with E-state index in [0.29, 0.717) is 26.9 Å². The van der Waals surface area contributed by atoms with Gasteiger partial charge in [-0.2, -0.15) is 5.10 Å². The lowest BCUT2D eigenvalue weighted by Crippen LogP contribution is -2.43. The van der Waals surface area contributed by atoms with Crippen molar-refractivity contribution in [2.24, 2.45) is 0 Å². The Morgan fingerprint density at radius 2 is 1.88 bits per heavy atom. The SMILES string of the molecule is COC(=O)N(C)NC(=O)c1cc(Cl)cc(C)c1CC(=O)c1cc(Cn2cc(C(C)(C)C)nn2)nn1-c1ncccc1Cl. The van der Waals surface area contributed by atoms with E-state index in [2.05, 4.69) is 30.6 Å². The zero-order valence-electron chi connectivity index (χ0n) is 24.0. The van der Waals surface area contributed by atoms with Crippen LogP contribution in [0.3, 0.4) is 0 Å². The first kappa shape index (κ1) is 30.7. The quantitative estimate of drug-likeness (QED) is 0.236. The number of carbonyl (C=O) groups excluding carboxylic acids is 3. The Bertz CT molecular complexity index is 1660. The van der Waals surface area contributed by atoms with E-state index in [0.717, 1.165) is 10.7 Å². The second kappa shape index (κ2) is 12.3. The molecule has 4 aromatic rings. The number of carbonyl (C=O) groups is 3. The van der Waals surface area contributed by atoms with Crippen LogP contribution in [0.4, 0.5) is 4.79 Å². The van der Waals surface area contributed by atoms with Crippen LogP contribution in [0.15, 0.2) is 42.7 Å². The first-order chi connectivity index (χ1) is 19.8. The van der Waals surface area contributed by atoms with Gasteiger partial charge < -0.3 is 4.74 Å². The molecule has 4 rings (SSSR count). The Balaban J connectivity index is 1.72. The number of methoxy groups -OCH3 is 1. The molecule has 0 radical (unpaired) electrons. The van der Waals surface area contributed by atoms with Crippen LogP contribution in [0.2, 0.25) is 10.0 Å². The molecule has 0 saturated heterocycles. The lowest BCUT2D eigenvalue weighted by Gasteiger charge is -2.19. The van der Waals surface area contributed by atoms with E-state index in [1.54, 1.807) is 42.1 Å². The predicted molar refractivity (Wildman–Crippen MR) is 156 cm³/mol. The van der Waals surface area contributed by atoms with Gasteiger partial charge in [-0.15, -0.1) is 5.10 Å². The number of hydrazine groups is 1. The summed E-state index contributed by atoms with van der Waals surface area (Å²) in [6, 6.07) is 8.06. The number of nitrogens with one attached hydrogen (secondary N) is 1. The zero-order chi connectivity index (χ0) is 30.8. The number of aryl methyl sites for hydroxylation is 1. The molecule has 0 bridgehead atoms. The number of halogens is 2. The fourth-order valence-electron chi connectivity index (χ4n) is 4.14. The molecule has 3 heterocycles. The van der Waals surface area contributed by atoms with E-state index in [9.17, 15) is 14.4 Å². The maximum absolute atomic E-state index is 13.9. The highest BCUT2D eigenvalue weighted by Gasteiger charge is 2.25. The van der Waals surface area contributed by atoms with Crippen molar-refractivity contribution >= 4 is 41.0 Å². The summed E-state index contributed by atoms with van der Waals surface area (Å²) < 4.78 is 7.66. The van der Waals surface area contributed by atoms with Crippen molar-refractivity contribution in [2.75, 3.05) is 14.2 Å². The molecule has 1 aromatic carbocycles. The summed E-state index contributed by atoms with van der Waals surface area (Å²) in [6.45, 7) is 8.10. The lowest BCUT2D eigenvalue weighted by atomic mass is 9.93. The Morgan fingerprint density at radius 3 is 2.52 bits per heavy atom. The minimum atomic E-state index is -0.773. The first-order valence-corrected chi connectivity index (χ1v) is 13.6. The van der Waals surface area contributed by atoms with Gasteiger partial charge in [0.25, 0.3) is 5.91 Å². The number of ether oxygens (including phenoxy) is 1. The van der Waals surface area contributed by atoms with Gasteiger partial charge in [0.1, 0.15) is 5.69 Å². The van der Waals surface area contributed by atoms with Gasteiger partial charge in [-0.1, -0.05) is 49.2 Å². The number of hydrogen-bond donors (Lipinski definition) is 1. The molecule has 0 aliphatic rings. The fraction of sp³-hybridized carbons (Fsp3) is 0.321. The van der Waals surface area contributed by atoms with Crippen molar-refractivity contribution in [3.8, 4) is 5.82 Å². The third-order valence-corrected chi connectivity index (χ3v) is 6.87. The van der Waals surface area contributed by atoms with E-state index >= 15 is 0 Å². The molecule has 0 spiro atoms. The number of Topliss-reactive ketones (excluding diaryl/α,β-unsaturated/α-hetero) is 1. The second-order valence-corrected chi connectivity index (χ2v) is 11.5. The summed E-state index contributed by atoms with van der Waals surface area (Å²) in [5.74, 6) is -0.724. The maximum Gasteiger partial charge on any atom is 0.428 e. The van der Waals surface area contributed by atoms with Gasteiger partial charge in [-0.3, -0.25) is 15.0 Å². The number of hydrogen-bond acceptors (Lipinski definition) is 8. The van der Waals surface area contributed by atoms with Gasteiger partial charge in [0.2, 0.25) is 0 Å². The Hall–Kier alpha value is -4.29. The first-order valence-electron chi connectivity index (χ1n) is 12.8. The van der Waals surface area contributed by atoms with Crippen LogP contribution in [0.25, 0.3) is 5.82 Å². The molecule has 0 aliphatic heterocycles. The smallest absolute Gasteiger partial charge is 0.428 e. The lowest BCUT2D eigenvalue weighted by molar-refractivity contribution is 0.0765. The standard InChI is InChI=1S/C28H30Cl2N8O4/c1-16-10-17(29)11-20(26(40)34-36(5)27(41)42-6)19(16)13-23(39)22-12-18(14-37-15-24(32-35-37)28(2,3)4)33-38(22)25-21(30)8-7-9-31-25/h7-12,15H,13-14H2,1-6H3,(H,34,40). The van der Waals surface area contributed by atoms with Crippen molar-refractivity contribution in [1.82, 2.24) is 40.2 Å². The highest BCUT2D eigenvalue weighted by Crippen LogP contribution is 2.25. The van der Waals surface area contributed by atoms with E-state index in [1.807, 2.05) is 27.0 Å². The second-order valence-electron chi connectivity index (χ2n) is 10.6. The highest BCUT2D eigenvalue weighted by molar-refractivity contribution is 6.32. The Labute approximate surface area is 252 Å². The van der Waals surface area contributed by atoms with E-state index in [1.165, 1.54) is 24.9 Å². The third-order valence-electron chi connectivity index (χ3n) is 6.35. The summed E-state index contributed by atoms with van der Waals surface area (Å²) in [4.78, 5) is 43.2. The van der Waals surface area contributed by atoms with Crippen LogP contribution in [-0.2, 0) is 23.1 Å². The van der Waals surface area contributed by atoms with E-state index in [-0.39, 0.29) is 41.2 Å². The molecule has 14 heteroatoms. The minimum absolute atomic E-state index is 0.128. The molecule has 42 heavy (non-hydrogen) atoms. The minimum Gasteiger partial charge on any atom is -0.452 e. The zero-order valence-corrected chi connectivity index (χ0v) is 25.5.